The van der Waals surface area contributed by atoms with E-state index in [0.717, 1.165) is 51.5 Å². The molecule has 0 bridgehead atoms. The van der Waals surface area contributed by atoms with Crippen molar-refractivity contribution in [2.45, 2.75) is 38.8 Å². The Morgan fingerprint density at radius 3 is 2.79 bits per heavy atom. The van der Waals surface area contributed by atoms with Crippen LogP contribution in [0.4, 0.5) is 0 Å². The van der Waals surface area contributed by atoms with E-state index in [4.69, 9.17) is 4.42 Å². The Morgan fingerprint density at radius 2 is 2.04 bits per heavy atom. The van der Waals surface area contributed by atoms with Gasteiger partial charge in [-0.15, -0.1) is 0 Å². The smallest absolute Gasteiger partial charge is 0.191 e. The number of hydrogen-bond donors (Lipinski definition) is 3. The van der Waals surface area contributed by atoms with Crippen LogP contribution in [0.15, 0.2) is 52.1 Å². The molecule has 0 radical (unpaired) electrons. The largest absolute Gasteiger partial charge is 0.466 e. The van der Waals surface area contributed by atoms with Gasteiger partial charge >= 0.3 is 0 Å². The van der Waals surface area contributed by atoms with Crippen molar-refractivity contribution in [2.75, 3.05) is 32.7 Å². The summed E-state index contributed by atoms with van der Waals surface area (Å²) in [6, 6.07) is 12.3. The number of furan rings is 1. The Kier molecular flexibility index (Phi) is 7.12. The summed E-state index contributed by atoms with van der Waals surface area (Å²) in [5.74, 6) is 1.25. The molecule has 1 unspecified atom stereocenters. The second-order valence-corrected chi connectivity index (χ2v) is 7.52. The molecule has 1 aliphatic heterocycles. The molecular weight excluding hydrogens is 352 g/mol. The Bertz CT molecular complexity index is 756. The van der Waals surface area contributed by atoms with Crippen LogP contribution in [-0.4, -0.2) is 48.7 Å². The molecule has 6 nitrogen and oxygen atoms in total. The summed E-state index contributed by atoms with van der Waals surface area (Å²) >= 11 is 0. The number of benzene rings is 1. The van der Waals surface area contributed by atoms with Crippen molar-refractivity contribution in [1.29, 1.82) is 0 Å². The molecule has 0 aliphatic carbocycles. The highest BCUT2D eigenvalue weighted by molar-refractivity contribution is 5.79. The van der Waals surface area contributed by atoms with E-state index in [1.54, 1.807) is 25.3 Å². The fraction of sp³-hybridized carbons (Fsp3) is 0.500. The maximum Gasteiger partial charge on any atom is 0.191 e. The van der Waals surface area contributed by atoms with E-state index < -0.39 is 5.60 Å². The first kappa shape index (κ1) is 20.4. The van der Waals surface area contributed by atoms with Crippen molar-refractivity contribution in [3.63, 3.8) is 0 Å². The molecule has 6 heteroatoms. The SMILES string of the molecule is CCNC(=NCC(C)(O)c1ccco1)NCCCN1CCc2ccccc2C1. The number of fused-ring (bicyclic) bond motifs is 1. The highest BCUT2D eigenvalue weighted by Crippen LogP contribution is 2.21. The first-order valence-electron chi connectivity index (χ1n) is 10.2. The van der Waals surface area contributed by atoms with E-state index in [1.165, 1.54) is 11.1 Å². The Labute approximate surface area is 167 Å². The summed E-state index contributed by atoms with van der Waals surface area (Å²) in [6.45, 7) is 8.82. The maximum atomic E-state index is 10.6. The molecule has 2 aromatic rings. The Hall–Kier alpha value is -2.31. The number of guanidine groups is 1. The zero-order valence-corrected chi connectivity index (χ0v) is 16.9. The highest BCUT2D eigenvalue weighted by atomic mass is 16.4. The maximum absolute atomic E-state index is 10.6. The fourth-order valence-corrected chi connectivity index (χ4v) is 3.49. The Morgan fingerprint density at radius 1 is 1.21 bits per heavy atom. The van der Waals surface area contributed by atoms with E-state index in [9.17, 15) is 5.11 Å². The number of aliphatic imine (C=N–C) groups is 1. The van der Waals surface area contributed by atoms with Crippen LogP contribution in [0.2, 0.25) is 0 Å². The van der Waals surface area contributed by atoms with E-state index in [1.807, 2.05) is 6.92 Å². The number of rotatable bonds is 8. The van der Waals surface area contributed by atoms with Crippen LogP contribution < -0.4 is 10.6 Å². The molecule has 3 rings (SSSR count). The van der Waals surface area contributed by atoms with Crippen molar-refractivity contribution in [1.82, 2.24) is 15.5 Å². The summed E-state index contributed by atoms with van der Waals surface area (Å²) < 4.78 is 5.32. The molecule has 28 heavy (non-hydrogen) atoms. The third-order valence-corrected chi connectivity index (χ3v) is 5.09. The molecule has 0 saturated heterocycles. The zero-order valence-electron chi connectivity index (χ0n) is 16.9. The minimum atomic E-state index is -1.12. The molecule has 0 spiro atoms. The molecular formula is C22H32N4O2. The van der Waals surface area contributed by atoms with Gasteiger partial charge in [0, 0.05) is 32.7 Å². The predicted octanol–water partition coefficient (Wildman–Crippen LogP) is 2.49. The first-order valence-corrected chi connectivity index (χ1v) is 10.2. The van der Waals surface area contributed by atoms with Gasteiger partial charge in [0.1, 0.15) is 11.4 Å². The lowest BCUT2D eigenvalue weighted by atomic mass is 10.00. The van der Waals surface area contributed by atoms with E-state index >= 15 is 0 Å². The van der Waals surface area contributed by atoms with Crippen LogP contribution in [-0.2, 0) is 18.6 Å². The first-order chi connectivity index (χ1) is 13.6. The number of aliphatic hydroxyl groups is 1. The average molecular weight is 385 g/mol. The van der Waals surface area contributed by atoms with Gasteiger partial charge in [-0.05, 0) is 49.9 Å². The topological polar surface area (TPSA) is 73.0 Å². The third-order valence-electron chi connectivity index (χ3n) is 5.09. The van der Waals surface area contributed by atoms with Gasteiger partial charge in [0.25, 0.3) is 0 Å². The van der Waals surface area contributed by atoms with Crippen molar-refractivity contribution >= 4 is 5.96 Å². The van der Waals surface area contributed by atoms with E-state index in [0.29, 0.717) is 5.76 Å². The summed E-state index contributed by atoms with van der Waals surface area (Å²) in [5.41, 5.74) is 1.83. The highest BCUT2D eigenvalue weighted by Gasteiger charge is 2.26. The summed E-state index contributed by atoms with van der Waals surface area (Å²) in [6.07, 6.45) is 3.74. The number of nitrogens with one attached hydrogen (secondary N) is 2. The summed E-state index contributed by atoms with van der Waals surface area (Å²) in [7, 11) is 0. The monoisotopic (exact) mass is 384 g/mol. The molecule has 0 saturated carbocycles. The standard InChI is InChI=1S/C22H32N4O2/c1-3-23-21(25-17-22(2,27)20-10-6-15-28-20)24-12-7-13-26-14-11-18-8-4-5-9-19(18)16-26/h4-6,8-10,15,27H,3,7,11-14,16-17H2,1-2H3,(H2,23,24,25). The number of hydrogen-bond acceptors (Lipinski definition) is 4. The van der Waals surface area contributed by atoms with Crippen LogP contribution in [0.3, 0.4) is 0 Å². The van der Waals surface area contributed by atoms with Crippen LogP contribution in [0.1, 0.15) is 37.2 Å². The molecule has 0 amide bonds. The van der Waals surface area contributed by atoms with Crippen molar-refractivity contribution in [3.8, 4) is 0 Å². The lowest BCUT2D eigenvalue weighted by Gasteiger charge is -2.28. The van der Waals surface area contributed by atoms with Gasteiger partial charge < -0.3 is 20.2 Å². The van der Waals surface area contributed by atoms with Gasteiger partial charge in [0.2, 0.25) is 0 Å². The normalized spacial score (nSPS) is 17.0. The molecule has 1 aromatic heterocycles. The summed E-state index contributed by atoms with van der Waals surface area (Å²) in [5, 5.41) is 17.2. The second kappa shape index (κ2) is 9.75. The molecule has 1 aliphatic rings. The van der Waals surface area contributed by atoms with Crippen LogP contribution in [0.5, 0.6) is 0 Å². The van der Waals surface area contributed by atoms with E-state index in [-0.39, 0.29) is 6.54 Å². The fourth-order valence-electron chi connectivity index (χ4n) is 3.49. The van der Waals surface area contributed by atoms with Gasteiger partial charge in [-0.1, -0.05) is 24.3 Å². The lowest BCUT2D eigenvalue weighted by molar-refractivity contribution is 0.0437. The third kappa shape index (κ3) is 5.59. The van der Waals surface area contributed by atoms with Gasteiger partial charge in [0.05, 0.1) is 12.8 Å². The summed E-state index contributed by atoms with van der Waals surface area (Å²) in [4.78, 5) is 7.04. The second-order valence-electron chi connectivity index (χ2n) is 7.52. The van der Waals surface area contributed by atoms with Gasteiger partial charge in [-0.3, -0.25) is 4.90 Å². The molecule has 1 aromatic carbocycles. The molecule has 2 heterocycles. The zero-order chi connectivity index (χ0) is 19.8. The molecule has 1 atom stereocenters. The minimum Gasteiger partial charge on any atom is -0.466 e. The van der Waals surface area contributed by atoms with Crippen LogP contribution >= 0.6 is 0 Å². The molecule has 3 N–H and O–H groups in total. The molecule has 0 fully saturated rings. The van der Waals surface area contributed by atoms with Gasteiger partial charge in [-0.25, -0.2) is 4.99 Å². The predicted molar refractivity (Wildman–Crippen MR) is 112 cm³/mol. The van der Waals surface area contributed by atoms with Gasteiger partial charge in [-0.2, -0.15) is 0 Å². The quantitative estimate of drug-likeness (QED) is 0.370. The average Bonchev–Trinajstić information content (AvgIpc) is 3.25. The van der Waals surface area contributed by atoms with E-state index in [2.05, 4.69) is 44.8 Å². The lowest BCUT2D eigenvalue weighted by Crippen LogP contribution is -2.40. The van der Waals surface area contributed by atoms with Crippen molar-refractivity contribution < 1.29 is 9.52 Å². The Balaban J connectivity index is 1.44. The molecule has 152 valence electrons. The van der Waals surface area contributed by atoms with Crippen LogP contribution in [0.25, 0.3) is 0 Å². The van der Waals surface area contributed by atoms with Crippen LogP contribution in [0, 0.1) is 0 Å². The number of nitrogens with zero attached hydrogens (tertiary/aromatic N) is 2. The minimum absolute atomic E-state index is 0.235. The van der Waals surface area contributed by atoms with Crippen molar-refractivity contribution in [3.05, 3.63) is 59.5 Å². The van der Waals surface area contributed by atoms with Crippen molar-refractivity contribution in [2.24, 2.45) is 4.99 Å². The van der Waals surface area contributed by atoms with Gasteiger partial charge in [0.15, 0.2) is 5.96 Å².